The molecule has 1 heterocycles. The van der Waals surface area contributed by atoms with Crippen molar-refractivity contribution in [2.45, 2.75) is 33.1 Å². The summed E-state index contributed by atoms with van der Waals surface area (Å²) < 4.78 is 2.24. The third-order valence-corrected chi connectivity index (χ3v) is 3.24. The van der Waals surface area contributed by atoms with E-state index in [0.717, 1.165) is 30.7 Å². The molecule has 2 aromatic rings. The smallest absolute Gasteiger partial charge is 0.216 e. The summed E-state index contributed by atoms with van der Waals surface area (Å²) >= 11 is 5.20. The highest BCUT2D eigenvalue weighted by molar-refractivity contribution is 7.71. The van der Waals surface area contributed by atoms with E-state index in [2.05, 4.69) is 35.2 Å². The van der Waals surface area contributed by atoms with Crippen LogP contribution in [0.2, 0.25) is 0 Å². The zero-order valence-electron chi connectivity index (χ0n) is 11.3. The Labute approximate surface area is 118 Å². The minimum Gasteiger partial charge on any atom is -0.250 e. The van der Waals surface area contributed by atoms with Crippen molar-refractivity contribution < 1.29 is 0 Å². The molecule has 0 atom stereocenters. The van der Waals surface area contributed by atoms with Crippen LogP contribution in [0.15, 0.2) is 29.4 Å². The van der Waals surface area contributed by atoms with Crippen molar-refractivity contribution >= 4 is 18.4 Å². The van der Waals surface area contributed by atoms with Crippen LogP contribution in [-0.2, 0) is 6.42 Å². The number of nitrogens with one attached hydrogen (secondary N) is 1. The lowest BCUT2D eigenvalue weighted by molar-refractivity contribution is 0.700. The molecule has 0 aliphatic rings. The van der Waals surface area contributed by atoms with Crippen LogP contribution >= 0.6 is 12.2 Å². The maximum absolute atomic E-state index is 5.20. The lowest BCUT2D eigenvalue weighted by Crippen LogP contribution is -1.99. The molecule has 0 radical (unpaired) electrons. The van der Waals surface area contributed by atoms with Crippen molar-refractivity contribution in [2.75, 3.05) is 0 Å². The van der Waals surface area contributed by atoms with Gasteiger partial charge in [0.05, 0.1) is 6.21 Å². The fourth-order valence-corrected chi connectivity index (χ4v) is 1.99. The monoisotopic (exact) mass is 274 g/mol. The molecule has 0 bridgehead atoms. The summed E-state index contributed by atoms with van der Waals surface area (Å²) in [5.41, 5.74) is 2.28. The average molecular weight is 274 g/mol. The lowest BCUT2D eigenvalue weighted by atomic mass is 10.1. The number of unbranched alkanes of at least 4 members (excludes halogenated alkanes) is 1. The summed E-state index contributed by atoms with van der Waals surface area (Å²) in [7, 11) is 0. The van der Waals surface area contributed by atoms with Gasteiger partial charge in [0, 0.05) is 6.42 Å². The first-order valence-corrected chi connectivity index (χ1v) is 6.89. The molecule has 5 heteroatoms. The SMILES string of the molecule is CCCCc1n[nH]c(=S)n1N=Cc1ccccc1C. The summed E-state index contributed by atoms with van der Waals surface area (Å²) in [6, 6.07) is 8.12. The van der Waals surface area contributed by atoms with Crippen molar-refractivity contribution in [1.29, 1.82) is 0 Å². The van der Waals surface area contributed by atoms with Crippen LogP contribution in [-0.4, -0.2) is 21.1 Å². The molecule has 0 amide bonds. The molecule has 100 valence electrons. The summed E-state index contributed by atoms with van der Waals surface area (Å²) in [5.74, 6) is 0.886. The number of hydrogen-bond donors (Lipinski definition) is 1. The van der Waals surface area contributed by atoms with Gasteiger partial charge in [-0.3, -0.25) is 5.10 Å². The maximum atomic E-state index is 5.20. The molecule has 0 unspecified atom stereocenters. The molecule has 0 spiro atoms. The molecule has 0 fully saturated rings. The predicted octanol–water partition coefficient (Wildman–Crippen LogP) is 3.47. The third kappa shape index (κ3) is 3.38. The van der Waals surface area contributed by atoms with Crippen LogP contribution in [0.3, 0.4) is 0 Å². The van der Waals surface area contributed by atoms with Gasteiger partial charge in [-0.2, -0.15) is 14.9 Å². The summed E-state index contributed by atoms with van der Waals surface area (Å²) in [5, 5.41) is 11.5. The molecule has 1 N–H and O–H groups in total. The normalized spacial score (nSPS) is 11.3. The molecule has 1 aromatic carbocycles. The van der Waals surface area contributed by atoms with Gasteiger partial charge in [-0.15, -0.1) is 0 Å². The fraction of sp³-hybridized carbons (Fsp3) is 0.357. The Balaban J connectivity index is 2.26. The Morgan fingerprint density at radius 3 is 2.95 bits per heavy atom. The molecule has 0 saturated heterocycles. The highest BCUT2D eigenvalue weighted by Crippen LogP contribution is 2.06. The van der Waals surface area contributed by atoms with Gasteiger partial charge in [0.15, 0.2) is 5.82 Å². The third-order valence-electron chi connectivity index (χ3n) is 2.97. The van der Waals surface area contributed by atoms with Gasteiger partial charge >= 0.3 is 0 Å². The number of rotatable bonds is 5. The van der Waals surface area contributed by atoms with E-state index in [1.807, 2.05) is 24.4 Å². The largest absolute Gasteiger partial charge is 0.250 e. The van der Waals surface area contributed by atoms with E-state index in [1.54, 1.807) is 4.68 Å². The van der Waals surface area contributed by atoms with Crippen molar-refractivity contribution in [3.05, 3.63) is 46.0 Å². The molecule has 0 aliphatic heterocycles. The number of H-pyrrole nitrogens is 1. The molecule has 0 saturated carbocycles. The molecule has 1 aromatic heterocycles. The zero-order chi connectivity index (χ0) is 13.7. The molecular formula is C14H18N4S. The summed E-state index contributed by atoms with van der Waals surface area (Å²) in [4.78, 5) is 0. The van der Waals surface area contributed by atoms with E-state index < -0.39 is 0 Å². The number of aromatic nitrogens is 3. The number of benzene rings is 1. The van der Waals surface area contributed by atoms with Gasteiger partial charge in [0.25, 0.3) is 0 Å². The lowest BCUT2D eigenvalue weighted by Gasteiger charge is -2.01. The molecule has 4 nitrogen and oxygen atoms in total. The van der Waals surface area contributed by atoms with Crippen LogP contribution in [0.25, 0.3) is 0 Å². The quantitative estimate of drug-likeness (QED) is 0.670. The number of aromatic amines is 1. The van der Waals surface area contributed by atoms with E-state index in [4.69, 9.17) is 12.2 Å². The highest BCUT2D eigenvalue weighted by Gasteiger charge is 2.03. The van der Waals surface area contributed by atoms with E-state index in [0.29, 0.717) is 4.77 Å². The fourth-order valence-electron chi connectivity index (χ4n) is 1.79. The standard InChI is InChI=1S/C14H18N4S/c1-3-4-9-13-16-17-14(19)18(13)15-10-12-8-6-5-7-11(12)2/h5-8,10H,3-4,9H2,1-2H3,(H,17,19). The molecular weight excluding hydrogens is 256 g/mol. The van der Waals surface area contributed by atoms with Gasteiger partial charge < -0.3 is 0 Å². The average Bonchev–Trinajstić information content (AvgIpc) is 2.76. The van der Waals surface area contributed by atoms with Crippen LogP contribution in [0.5, 0.6) is 0 Å². The van der Waals surface area contributed by atoms with Gasteiger partial charge in [-0.1, -0.05) is 37.6 Å². The van der Waals surface area contributed by atoms with E-state index in [9.17, 15) is 0 Å². The van der Waals surface area contributed by atoms with Crippen molar-refractivity contribution in [3.8, 4) is 0 Å². The topological polar surface area (TPSA) is 46.0 Å². The summed E-state index contributed by atoms with van der Waals surface area (Å²) in [6.45, 7) is 4.22. The Bertz CT molecular complexity index is 624. The van der Waals surface area contributed by atoms with Crippen LogP contribution in [0, 0.1) is 11.7 Å². The first kappa shape index (κ1) is 13.7. The Hall–Kier alpha value is -1.75. The summed E-state index contributed by atoms with van der Waals surface area (Å²) in [6.07, 6.45) is 4.92. The Morgan fingerprint density at radius 2 is 2.21 bits per heavy atom. The van der Waals surface area contributed by atoms with Crippen molar-refractivity contribution in [1.82, 2.24) is 14.9 Å². The predicted molar refractivity (Wildman–Crippen MR) is 80.2 cm³/mol. The number of nitrogens with zero attached hydrogens (tertiary/aromatic N) is 3. The second-order valence-electron chi connectivity index (χ2n) is 4.46. The van der Waals surface area contributed by atoms with E-state index >= 15 is 0 Å². The van der Waals surface area contributed by atoms with Gasteiger partial charge in [0.1, 0.15) is 0 Å². The van der Waals surface area contributed by atoms with Gasteiger partial charge in [0.2, 0.25) is 4.77 Å². The van der Waals surface area contributed by atoms with Crippen LogP contribution < -0.4 is 0 Å². The first-order valence-electron chi connectivity index (χ1n) is 6.48. The minimum atomic E-state index is 0.538. The van der Waals surface area contributed by atoms with E-state index in [-0.39, 0.29) is 0 Å². The van der Waals surface area contributed by atoms with Gasteiger partial charge in [-0.25, -0.2) is 0 Å². The van der Waals surface area contributed by atoms with Crippen molar-refractivity contribution in [3.63, 3.8) is 0 Å². The minimum absolute atomic E-state index is 0.538. The van der Waals surface area contributed by atoms with Crippen LogP contribution in [0.4, 0.5) is 0 Å². The highest BCUT2D eigenvalue weighted by atomic mass is 32.1. The number of aryl methyl sites for hydroxylation is 2. The van der Waals surface area contributed by atoms with Crippen LogP contribution in [0.1, 0.15) is 36.7 Å². The molecule has 19 heavy (non-hydrogen) atoms. The van der Waals surface area contributed by atoms with E-state index in [1.165, 1.54) is 5.56 Å². The maximum Gasteiger partial charge on any atom is 0.216 e. The molecule has 0 aliphatic carbocycles. The Kier molecular flexibility index (Phi) is 4.63. The van der Waals surface area contributed by atoms with Crippen molar-refractivity contribution in [2.24, 2.45) is 5.10 Å². The molecule has 2 rings (SSSR count). The first-order chi connectivity index (χ1) is 9.22. The van der Waals surface area contributed by atoms with Gasteiger partial charge in [-0.05, 0) is 36.7 Å². The number of hydrogen-bond acceptors (Lipinski definition) is 3. The Morgan fingerprint density at radius 1 is 1.42 bits per heavy atom. The zero-order valence-corrected chi connectivity index (χ0v) is 12.1. The second kappa shape index (κ2) is 6.43. The second-order valence-corrected chi connectivity index (χ2v) is 4.85.